The molecule has 0 amide bonds. The van der Waals surface area contributed by atoms with Gasteiger partial charge >= 0.3 is 0 Å². The Morgan fingerprint density at radius 2 is 1.95 bits per heavy atom. The molecule has 2 aromatic carbocycles. The number of fused-ring (bicyclic) bond motifs is 1. The normalized spacial score (nSPS) is 10.7. The third-order valence-electron chi connectivity index (χ3n) is 3.04. The lowest BCUT2D eigenvalue weighted by molar-refractivity contribution is 0.103. The van der Waals surface area contributed by atoms with E-state index in [0.717, 1.165) is 11.5 Å². The summed E-state index contributed by atoms with van der Waals surface area (Å²) < 4.78 is 13.8. The molecule has 0 fully saturated rings. The molecule has 4 heteroatoms. The van der Waals surface area contributed by atoms with Gasteiger partial charge in [-0.1, -0.05) is 29.8 Å². The Morgan fingerprint density at radius 1 is 1.10 bits per heavy atom. The second kappa shape index (κ2) is 5.02. The van der Waals surface area contributed by atoms with Crippen LogP contribution in [0.4, 0.5) is 4.39 Å². The van der Waals surface area contributed by atoms with Crippen molar-refractivity contribution in [3.05, 3.63) is 76.7 Å². The van der Waals surface area contributed by atoms with Crippen LogP contribution in [-0.2, 0) is 0 Å². The van der Waals surface area contributed by atoms with Crippen LogP contribution < -0.4 is 0 Å². The van der Waals surface area contributed by atoms with Gasteiger partial charge < -0.3 is 0 Å². The van der Waals surface area contributed by atoms with E-state index in [-0.39, 0.29) is 16.4 Å². The molecule has 2 nitrogen and oxygen atoms in total. The Labute approximate surface area is 119 Å². The maximum Gasteiger partial charge on any atom is 0.196 e. The predicted octanol–water partition coefficient (Wildman–Crippen LogP) is 4.26. The number of carbonyl (C=O) groups excluding carboxylic acids is 1. The Hall–Kier alpha value is -2.26. The molecule has 0 radical (unpaired) electrons. The summed E-state index contributed by atoms with van der Waals surface area (Å²) in [4.78, 5) is 16.5. The van der Waals surface area contributed by atoms with Crippen LogP contribution in [0, 0.1) is 5.82 Å². The number of aromatic nitrogens is 1. The standard InChI is InChI=1S/C16H9ClFNO/c17-12-5-6-13(14(18)9-12)16(20)11-4-3-10-2-1-7-19-15(10)8-11/h1-9H. The van der Waals surface area contributed by atoms with Crippen LogP contribution in [0.5, 0.6) is 0 Å². The second-order valence-electron chi connectivity index (χ2n) is 4.36. The summed E-state index contributed by atoms with van der Waals surface area (Å²) in [7, 11) is 0. The van der Waals surface area contributed by atoms with E-state index in [0.29, 0.717) is 11.1 Å². The maximum atomic E-state index is 13.8. The highest BCUT2D eigenvalue weighted by atomic mass is 35.5. The molecule has 0 N–H and O–H groups in total. The van der Waals surface area contributed by atoms with Crippen molar-refractivity contribution in [2.24, 2.45) is 0 Å². The van der Waals surface area contributed by atoms with Crippen molar-refractivity contribution in [2.45, 2.75) is 0 Å². The van der Waals surface area contributed by atoms with E-state index in [1.54, 1.807) is 24.4 Å². The SMILES string of the molecule is O=C(c1ccc2cccnc2c1)c1ccc(Cl)cc1F. The topological polar surface area (TPSA) is 30.0 Å². The van der Waals surface area contributed by atoms with Gasteiger partial charge in [-0.2, -0.15) is 0 Å². The monoisotopic (exact) mass is 285 g/mol. The Balaban J connectivity index is 2.08. The van der Waals surface area contributed by atoms with E-state index < -0.39 is 5.82 Å². The summed E-state index contributed by atoms with van der Waals surface area (Å²) in [5.74, 6) is -1.00. The summed E-state index contributed by atoms with van der Waals surface area (Å²) in [5, 5.41) is 1.19. The molecule has 1 heterocycles. The number of hydrogen-bond acceptors (Lipinski definition) is 2. The molecule has 0 aliphatic carbocycles. The van der Waals surface area contributed by atoms with Gasteiger partial charge in [-0.3, -0.25) is 9.78 Å². The van der Waals surface area contributed by atoms with Gasteiger partial charge in [-0.15, -0.1) is 0 Å². The molecule has 0 aliphatic heterocycles. The molecular formula is C16H9ClFNO. The van der Waals surface area contributed by atoms with E-state index in [2.05, 4.69) is 4.98 Å². The van der Waals surface area contributed by atoms with Crippen molar-refractivity contribution in [3.8, 4) is 0 Å². The first kappa shape index (κ1) is 12.8. The zero-order valence-electron chi connectivity index (χ0n) is 10.3. The molecule has 0 bridgehead atoms. The van der Waals surface area contributed by atoms with Crippen LogP contribution in [-0.4, -0.2) is 10.8 Å². The van der Waals surface area contributed by atoms with E-state index in [4.69, 9.17) is 11.6 Å². The van der Waals surface area contributed by atoms with Crippen LogP contribution in [0.25, 0.3) is 10.9 Å². The van der Waals surface area contributed by atoms with E-state index in [1.165, 1.54) is 12.1 Å². The summed E-state index contributed by atoms with van der Waals surface area (Å²) in [6.45, 7) is 0. The average Bonchev–Trinajstić information content (AvgIpc) is 2.46. The minimum Gasteiger partial charge on any atom is -0.288 e. The van der Waals surface area contributed by atoms with E-state index in [9.17, 15) is 9.18 Å². The van der Waals surface area contributed by atoms with Crippen molar-refractivity contribution in [3.63, 3.8) is 0 Å². The van der Waals surface area contributed by atoms with E-state index >= 15 is 0 Å². The van der Waals surface area contributed by atoms with Crippen molar-refractivity contribution in [2.75, 3.05) is 0 Å². The number of pyridine rings is 1. The van der Waals surface area contributed by atoms with Crippen LogP contribution in [0.3, 0.4) is 0 Å². The molecule has 0 unspecified atom stereocenters. The Kier molecular flexibility index (Phi) is 3.20. The maximum absolute atomic E-state index is 13.8. The first-order valence-electron chi connectivity index (χ1n) is 6.00. The predicted molar refractivity (Wildman–Crippen MR) is 76.6 cm³/mol. The number of hydrogen-bond donors (Lipinski definition) is 0. The van der Waals surface area contributed by atoms with Gasteiger partial charge in [0, 0.05) is 22.2 Å². The summed E-state index contributed by atoms with van der Waals surface area (Å²) in [6, 6.07) is 12.9. The highest BCUT2D eigenvalue weighted by molar-refractivity contribution is 6.30. The lowest BCUT2D eigenvalue weighted by Gasteiger charge is -2.04. The molecule has 0 spiro atoms. The zero-order chi connectivity index (χ0) is 14.1. The van der Waals surface area contributed by atoms with Crippen LogP contribution >= 0.6 is 11.6 Å². The molecule has 98 valence electrons. The number of benzene rings is 2. The van der Waals surface area contributed by atoms with Crippen LogP contribution in [0.2, 0.25) is 5.02 Å². The molecule has 3 aromatic rings. The minimum absolute atomic E-state index is 0.00433. The van der Waals surface area contributed by atoms with Gasteiger partial charge in [-0.25, -0.2) is 4.39 Å². The lowest BCUT2D eigenvalue weighted by Crippen LogP contribution is -2.04. The summed E-state index contributed by atoms with van der Waals surface area (Å²) in [5.41, 5.74) is 1.11. The molecular weight excluding hydrogens is 277 g/mol. The fourth-order valence-corrected chi connectivity index (χ4v) is 2.20. The third kappa shape index (κ3) is 2.28. The number of halogens is 2. The van der Waals surface area contributed by atoms with Crippen LogP contribution in [0.1, 0.15) is 15.9 Å². The molecule has 0 saturated heterocycles. The quantitative estimate of drug-likeness (QED) is 0.659. The lowest BCUT2D eigenvalue weighted by atomic mass is 10.0. The summed E-state index contributed by atoms with van der Waals surface area (Å²) >= 11 is 5.68. The molecule has 1 aromatic heterocycles. The zero-order valence-corrected chi connectivity index (χ0v) is 11.1. The van der Waals surface area contributed by atoms with Crippen molar-refractivity contribution in [1.82, 2.24) is 4.98 Å². The number of nitrogens with zero attached hydrogens (tertiary/aromatic N) is 1. The van der Waals surface area contributed by atoms with Gasteiger partial charge in [0.25, 0.3) is 0 Å². The van der Waals surface area contributed by atoms with Gasteiger partial charge in [0.05, 0.1) is 11.1 Å². The molecule has 0 saturated carbocycles. The van der Waals surface area contributed by atoms with E-state index in [1.807, 2.05) is 12.1 Å². The highest BCUT2D eigenvalue weighted by Gasteiger charge is 2.14. The van der Waals surface area contributed by atoms with Gasteiger partial charge in [0.15, 0.2) is 5.78 Å². The Morgan fingerprint density at radius 3 is 2.75 bits per heavy atom. The highest BCUT2D eigenvalue weighted by Crippen LogP contribution is 2.20. The first-order valence-corrected chi connectivity index (χ1v) is 6.37. The van der Waals surface area contributed by atoms with Crippen LogP contribution in [0.15, 0.2) is 54.7 Å². The van der Waals surface area contributed by atoms with Crippen molar-refractivity contribution in [1.29, 1.82) is 0 Å². The minimum atomic E-state index is -0.622. The third-order valence-corrected chi connectivity index (χ3v) is 3.28. The van der Waals surface area contributed by atoms with Gasteiger partial charge in [0.2, 0.25) is 0 Å². The fourth-order valence-electron chi connectivity index (χ4n) is 2.04. The van der Waals surface area contributed by atoms with Gasteiger partial charge in [0.1, 0.15) is 5.82 Å². The van der Waals surface area contributed by atoms with Crippen molar-refractivity contribution >= 4 is 28.3 Å². The number of ketones is 1. The first-order chi connectivity index (χ1) is 9.65. The second-order valence-corrected chi connectivity index (χ2v) is 4.80. The summed E-state index contributed by atoms with van der Waals surface area (Å²) in [6.07, 6.45) is 1.65. The smallest absolute Gasteiger partial charge is 0.196 e. The molecule has 0 aliphatic rings. The van der Waals surface area contributed by atoms with Crippen molar-refractivity contribution < 1.29 is 9.18 Å². The Bertz CT molecular complexity index is 816. The molecule has 20 heavy (non-hydrogen) atoms. The molecule has 3 rings (SSSR count). The largest absolute Gasteiger partial charge is 0.288 e. The fraction of sp³-hybridized carbons (Fsp3) is 0. The average molecular weight is 286 g/mol. The molecule has 0 atom stereocenters. The van der Waals surface area contributed by atoms with Gasteiger partial charge in [-0.05, 0) is 30.3 Å². The number of rotatable bonds is 2. The number of carbonyl (C=O) groups is 1.